The molecule has 3 rings (SSSR count). The number of amides is 1. The highest BCUT2D eigenvalue weighted by molar-refractivity contribution is 5.86. The number of carbonyl (C=O) groups excluding carboxylic acids is 1. The predicted molar refractivity (Wildman–Crippen MR) is 74.5 cm³/mol. The monoisotopic (exact) mass is 292 g/mol. The predicted octanol–water partition coefficient (Wildman–Crippen LogP) is 0.226. The van der Waals surface area contributed by atoms with Crippen molar-refractivity contribution < 1.29 is 14.7 Å². The normalized spacial score (nSPS) is 26.7. The zero-order chi connectivity index (χ0) is 15.0. The Morgan fingerprint density at radius 2 is 2.33 bits per heavy atom. The maximum absolute atomic E-state index is 12.0. The van der Waals surface area contributed by atoms with E-state index in [1.807, 2.05) is 13.1 Å². The number of aromatic nitrogens is 2. The third-order valence-electron chi connectivity index (χ3n) is 4.35. The third-order valence-corrected chi connectivity index (χ3v) is 4.35. The van der Waals surface area contributed by atoms with Crippen LogP contribution in [0.2, 0.25) is 0 Å². The Labute approximate surface area is 122 Å². The summed E-state index contributed by atoms with van der Waals surface area (Å²) < 4.78 is 0. The molecule has 0 radical (unpaired) electrons. The number of aromatic amines is 1. The Morgan fingerprint density at radius 3 is 2.95 bits per heavy atom. The number of nitrogens with zero attached hydrogens (tertiary/aromatic N) is 3. The molecular weight excluding hydrogens is 272 g/mol. The van der Waals surface area contributed by atoms with Crippen LogP contribution >= 0.6 is 0 Å². The second-order valence-corrected chi connectivity index (χ2v) is 5.96. The number of carboxylic acids is 1. The fraction of sp³-hybridized carbons (Fsp3) is 0.643. The van der Waals surface area contributed by atoms with E-state index in [1.54, 1.807) is 4.90 Å². The maximum atomic E-state index is 12.0. The molecule has 114 valence electrons. The van der Waals surface area contributed by atoms with Gasteiger partial charge in [-0.1, -0.05) is 0 Å². The first kappa shape index (κ1) is 14.1. The Balaban J connectivity index is 1.57. The Hall–Kier alpha value is -1.89. The van der Waals surface area contributed by atoms with Crippen molar-refractivity contribution in [3.8, 4) is 0 Å². The number of aryl methyl sites for hydroxylation is 1. The number of rotatable bonds is 4. The zero-order valence-corrected chi connectivity index (χ0v) is 12.1. The average molecular weight is 292 g/mol. The van der Waals surface area contributed by atoms with Gasteiger partial charge in [-0.25, -0.2) is 4.98 Å². The van der Waals surface area contributed by atoms with Crippen molar-refractivity contribution in [2.24, 2.45) is 5.92 Å². The highest BCUT2D eigenvalue weighted by Crippen LogP contribution is 2.25. The number of imidazole rings is 1. The van der Waals surface area contributed by atoms with Crippen molar-refractivity contribution >= 4 is 11.9 Å². The molecule has 0 aliphatic carbocycles. The summed E-state index contributed by atoms with van der Waals surface area (Å²) in [6, 6.07) is 0.144. The quantitative estimate of drug-likeness (QED) is 0.829. The summed E-state index contributed by atoms with van der Waals surface area (Å²) in [5.74, 6) is -0.526. The van der Waals surface area contributed by atoms with Gasteiger partial charge in [-0.15, -0.1) is 0 Å². The van der Waals surface area contributed by atoms with Gasteiger partial charge in [0.1, 0.15) is 5.82 Å². The molecule has 0 saturated carbocycles. The van der Waals surface area contributed by atoms with Gasteiger partial charge in [-0.05, 0) is 13.3 Å². The summed E-state index contributed by atoms with van der Waals surface area (Å²) in [5.41, 5.74) is 1.07. The fourth-order valence-corrected chi connectivity index (χ4v) is 3.25. The first-order valence-corrected chi connectivity index (χ1v) is 7.28. The molecule has 2 aliphatic heterocycles. The second kappa shape index (κ2) is 5.48. The van der Waals surface area contributed by atoms with Crippen LogP contribution in [0.1, 0.15) is 24.4 Å². The molecule has 21 heavy (non-hydrogen) atoms. The lowest BCUT2D eigenvalue weighted by atomic mass is 10.1. The molecule has 2 saturated heterocycles. The minimum atomic E-state index is -0.867. The van der Waals surface area contributed by atoms with Gasteiger partial charge in [-0.2, -0.15) is 0 Å². The van der Waals surface area contributed by atoms with Crippen LogP contribution in [0.25, 0.3) is 0 Å². The van der Waals surface area contributed by atoms with Crippen LogP contribution in [0.5, 0.6) is 0 Å². The van der Waals surface area contributed by atoms with Crippen molar-refractivity contribution in [1.82, 2.24) is 19.8 Å². The van der Waals surface area contributed by atoms with Crippen LogP contribution < -0.4 is 0 Å². The number of hydrogen-bond donors (Lipinski definition) is 2. The van der Waals surface area contributed by atoms with E-state index in [2.05, 4.69) is 14.9 Å². The summed E-state index contributed by atoms with van der Waals surface area (Å²) in [7, 11) is 0. The van der Waals surface area contributed by atoms with Crippen LogP contribution in [0.3, 0.4) is 0 Å². The van der Waals surface area contributed by atoms with Gasteiger partial charge in [0.2, 0.25) is 5.91 Å². The van der Waals surface area contributed by atoms with Crippen LogP contribution in [0.15, 0.2) is 6.20 Å². The van der Waals surface area contributed by atoms with Gasteiger partial charge in [0.05, 0.1) is 5.92 Å². The minimum Gasteiger partial charge on any atom is -0.481 e. The molecule has 0 bridgehead atoms. The highest BCUT2D eigenvalue weighted by Gasteiger charge is 2.40. The van der Waals surface area contributed by atoms with Gasteiger partial charge < -0.3 is 15.0 Å². The molecule has 1 aromatic heterocycles. The molecule has 1 amide bonds. The van der Waals surface area contributed by atoms with E-state index in [9.17, 15) is 9.59 Å². The molecule has 7 heteroatoms. The lowest BCUT2D eigenvalue weighted by Crippen LogP contribution is -2.39. The molecule has 2 unspecified atom stereocenters. The van der Waals surface area contributed by atoms with Crippen molar-refractivity contribution in [1.29, 1.82) is 0 Å². The molecule has 3 heterocycles. The van der Waals surface area contributed by atoms with Gasteiger partial charge in [0.25, 0.3) is 0 Å². The summed E-state index contributed by atoms with van der Waals surface area (Å²) in [6.45, 7) is 4.79. The SMILES string of the molecule is Cc1ncc(CN2CCC(N3CC(C(=O)O)CC3=O)C2)[nH]1. The third kappa shape index (κ3) is 2.92. The van der Waals surface area contributed by atoms with E-state index >= 15 is 0 Å². The number of aliphatic carboxylic acids is 1. The van der Waals surface area contributed by atoms with Crippen LogP contribution in [-0.4, -0.2) is 62.4 Å². The zero-order valence-electron chi connectivity index (χ0n) is 12.1. The van der Waals surface area contributed by atoms with Crippen LogP contribution in [0.4, 0.5) is 0 Å². The molecule has 1 aromatic rings. The lowest BCUT2D eigenvalue weighted by Gasteiger charge is -2.24. The van der Waals surface area contributed by atoms with E-state index in [-0.39, 0.29) is 18.4 Å². The van der Waals surface area contributed by atoms with Gasteiger partial charge in [0, 0.05) is 50.5 Å². The summed E-state index contributed by atoms with van der Waals surface area (Å²) in [5, 5.41) is 9.04. The Kier molecular flexibility index (Phi) is 3.67. The number of H-pyrrole nitrogens is 1. The minimum absolute atomic E-state index is 0.0216. The highest BCUT2D eigenvalue weighted by atomic mass is 16.4. The number of hydrogen-bond acceptors (Lipinski definition) is 4. The fourth-order valence-electron chi connectivity index (χ4n) is 3.25. The van der Waals surface area contributed by atoms with Crippen molar-refractivity contribution in [3.63, 3.8) is 0 Å². The van der Waals surface area contributed by atoms with Gasteiger partial charge in [-0.3, -0.25) is 14.5 Å². The first-order valence-electron chi connectivity index (χ1n) is 7.28. The number of nitrogens with one attached hydrogen (secondary N) is 1. The number of likely N-dealkylation sites (tertiary alicyclic amines) is 2. The van der Waals surface area contributed by atoms with E-state index in [0.29, 0.717) is 6.54 Å². The molecule has 7 nitrogen and oxygen atoms in total. The maximum Gasteiger partial charge on any atom is 0.308 e. The topological polar surface area (TPSA) is 89.5 Å². The van der Waals surface area contributed by atoms with Crippen LogP contribution in [-0.2, 0) is 16.1 Å². The summed E-state index contributed by atoms with van der Waals surface area (Å²) in [4.78, 5) is 34.4. The smallest absolute Gasteiger partial charge is 0.308 e. The average Bonchev–Trinajstić information content (AvgIpc) is 3.11. The molecule has 2 atom stereocenters. The van der Waals surface area contributed by atoms with Gasteiger partial charge in [0.15, 0.2) is 0 Å². The Morgan fingerprint density at radius 1 is 1.52 bits per heavy atom. The van der Waals surface area contributed by atoms with Crippen molar-refractivity contribution in [2.75, 3.05) is 19.6 Å². The van der Waals surface area contributed by atoms with Crippen LogP contribution in [0, 0.1) is 12.8 Å². The molecule has 2 N–H and O–H groups in total. The summed E-state index contributed by atoms with van der Waals surface area (Å²) >= 11 is 0. The van der Waals surface area contributed by atoms with Crippen molar-refractivity contribution in [3.05, 3.63) is 17.7 Å². The lowest BCUT2D eigenvalue weighted by molar-refractivity contribution is -0.141. The molecule has 2 aliphatic rings. The van der Waals surface area contributed by atoms with E-state index < -0.39 is 11.9 Å². The molecular formula is C14H20N4O3. The largest absolute Gasteiger partial charge is 0.481 e. The molecule has 0 spiro atoms. The van der Waals surface area contributed by atoms with E-state index in [4.69, 9.17) is 5.11 Å². The summed E-state index contributed by atoms with van der Waals surface area (Å²) in [6.07, 6.45) is 2.89. The van der Waals surface area contributed by atoms with E-state index in [0.717, 1.165) is 37.6 Å². The van der Waals surface area contributed by atoms with Gasteiger partial charge >= 0.3 is 5.97 Å². The van der Waals surface area contributed by atoms with Crippen molar-refractivity contribution in [2.45, 2.75) is 32.4 Å². The molecule has 2 fully saturated rings. The standard InChI is InChI=1S/C14H20N4O3/c1-9-15-5-11(16-9)7-17-3-2-12(8-17)18-6-10(14(20)21)4-13(18)19/h5,10,12H,2-4,6-8H2,1H3,(H,15,16)(H,20,21). The van der Waals surface area contributed by atoms with E-state index in [1.165, 1.54) is 0 Å². The molecule has 0 aromatic carbocycles. The first-order chi connectivity index (χ1) is 10.0. The second-order valence-electron chi connectivity index (χ2n) is 5.96. The number of carbonyl (C=O) groups is 2. The Bertz CT molecular complexity index is 556. The number of carboxylic acid groups (broad SMARTS) is 1.